The number of ether oxygens (including phenoxy) is 2. The summed E-state index contributed by atoms with van der Waals surface area (Å²) in [7, 11) is 0. The normalized spacial score (nSPS) is 16.8. The molecule has 1 aromatic rings. The van der Waals surface area contributed by atoms with Crippen LogP contribution in [-0.2, 0) is 11.2 Å². The van der Waals surface area contributed by atoms with Crippen LogP contribution >= 0.6 is 0 Å². The van der Waals surface area contributed by atoms with E-state index < -0.39 is 0 Å². The number of hydrogen-bond acceptors (Lipinski definition) is 2. The molecule has 1 aromatic carbocycles. The first-order valence-corrected chi connectivity index (χ1v) is 9.37. The van der Waals surface area contributed by atoms with Gasteiger partial charge in [-0.15, -0.1) is 0 Å². The molecule has 0 aromatic heterocycles. The minimum Gasteiger partial charge on any atom is -0.491 e. The average Bonchev–Trinajstić information content (AvgIpc) is 3.39. The highest BCUT2D eigenvalue weighted by Gasteiger charge is 2.22. The monoisotopic (exact) mass is 316 g/mol. The summed E-state index contributed by atoms with van der Waals surface area (Å²) in [6.45, 7) is 3.78. The number of rotatable bonds is 13. The Morgan fingerprint density at radius 2 is 1.87 bits per heavy atom. The van der Waals surface area contributed by atoms with E-state index in [1.807, 2.05) is 6.07 Å². The van der Waals surface area contributed by atoms with Crippen molar-refractivity contribution in [2.45, 2.75) is 70.8 Å². The molecule has 2 rings (SSSR count). The molecule has 2 nitrogen and oxygen atoms in total. The Hall–Kier alpha value is -1.28. The molecular formula is C21H32O2. The van der Waals surface area contributed by atoms with Crippen LogP contribution in [0.3, 0.4) is 0 Å². The fourth-order valence-corrected chi connectivity index (χ4v) is 2.67. The van der Waals surface area contributed by atoms with Gasteiger partial charge in [0.05, 0.1) is 6.61 Å². The van der Waals surface area contributed by atoms with Crippen molar-refractivity contribution in [3.63, 3.8) is 0 Å². The number of epoxide rings is 1. The Balaban J connectivity index is 1.49. The number of unbranched alkanes of at least 4 members (excludes halogenated alkanes) is 6. The Kier molecular flexibility index (Phi) is 8.86. The summed E-state index contributed by atoms with van der Waals surface area (Å²) in [5.74, 6) is 0.983. The molecule has 2 heteroatoms. The zero-order chi connectivity index (χ0) is 16.2. The lowest BCUT2D eigenvalue weighted by molar-refractivity contribution is 0.263. The summed E-state index contributed by atoms with van der Waals surface area (Å²) in [5.41, 5.74) is 1.39. The second-order valence-corrected chi connectivity index (χ2v) is 6.48. The Morgan fingerprint density at radius 1 is 1.09 bits per heavy atom. The van der Waals surface area contributed by atoms with Gasteiger partial charge in [-0.3, -0.25) is 0 Å². The van der Waals surface area contributed by atoms with E-state index in [0.717, 1.165) is 18.8 Å². The van der Waals surface area contributed by atoms with E-state index in [-0.39, 0.29) is 0 Å². The molecular weight excluding hydrogens is 284 g/mol. The van der Waals surface area contributed by atoms with Crippen LogP contribution in [0.5, 0.6) is 5.75 Å². The van der Waals surface area contributed by atoms with E-state index >= 15 is 0 Å². The topological polar surface area (TPSA) is 21.8 Å². The quantitative estimate of drug-likeness (QED) is 0.264. The molecule has 0 spiro atoms. The average molecular weight is 316 g/mol. The van der Waals surface area contributed by atoms with Crippen molar-refractivity contribution in [3.05, 3.63) is 42.0 Å². The van der Waals surface area contributed by atoms with Gasteiger partial charge in [0.2, 0.25) is 0 Å². The number of hydrogen-bond donors (Lipinski definition) is 0. The summed E-state index contributed by atoms with van der Waals surface area (Å²) < 4.78 is 10.9. The third-order valence-electron chi connectivity index (χ3n) is 4.19. The van der Waals surface area contributed by atoms with Crippen LogP contribution in [0.2, 0.25) is 0 Å². The molecule has 1 fully saturated rings. The number of allylic oxidation sites excluding steroid dienone is 2. The fraction of sp³-hybridized carbons (Fsp3) is 0.619. The van der Waals surface area contributed by atoms with Gasteiger partial charge in [-0.2, -0.15) is 0 Å². The molecule has 0 bridgehead atoms. The van der Waals surface area contributed by atoms with Crippen LogP contribution in [0.15, 0.2) is 36.4 Å². The lowest BCUT2D eigenvalue weighted by Crippen LogP contribution is -2.04. The van der Waals surface area contributed by atoms with E-state index in [1.54, 1.807) is 0 Å². The van der Waals surface area contributed by atoms with Crippen molar-refractivity contribution in [2.75, 3.05) is 13.2 Å². The smallest absolute Gasteiger partial charge is 0.119 e. The van der Waals surface area contributed by atoms with Crippen LogP contribution in [-0.4, -0.2) is 19.3 Å². The third-order valence-corrected chi connectivity index (χ3v) is 4.19. The zero-order valence-corrected chi connectivity index (χ0v) is 14.6. The Labute approximate surface area is 141 Å². The van der Waals surface area contributed by atoms with Gasteiger partial charge in [-0.05, 0) is 49.8 Å². The van der Waals surface area contributed by atoms with Gasteiger partial charge in [-0.25, -0.2) is 0 Å². The van der Waals surface area contributed by atoms with Crippen molar-refractivity contribution in [3.8, 4) is 5.75 Å². The van der Waals surface area contributed by atoms with Gasteiger partial charge in [0, 0.05) is 0 Å². The third kappa shape index (κ3) is 8.80. The fourth-order valence-electron chi connectivity index (χ4n) is 2.67. The number of benzene rings is 1. The SMILES string of the molecule is CCC/C=C/CCCCCCCc1cccc(OCC2CO2)c1. The van der Waals surface area contributed by atoms with Crippen LogP contribution in [0, 0.1) is 0 Å². The van der Waals surface area contributed by atoms with Crippen molar-refractivity contribution in [1.82, 2.24) is 0 Å². The highest BCUT2D eigenvalue weighted by atomic mass is 16.6. The second kappa shape index (κ2) is 11.3. The molecule has 1 unspecified atom stereocenters. The first-order chi connectivity index (χ1) is 11.4. The van der Waals surface area contributed by atoms with E-state index in [2.05, 4.69) is 37.3 Å². The Morgan fingerprint density at radius 3 is 2.70 bits per heavy atom. The molecule has 128 valence electrons. The van der Waals surface area contributed by atoms with Gasteiger partial charge >= 0.3 is 0 Å². The first-order valence-electron chi connectivity index (χ1n) is 9.37. The van der Waals surface area contributed by atoms with E-state index in [0.29, 0.717) is 12.7 Å². The molecule has 23 heavy (non-hydrogen) atoms. The van der Waals surface area contributed by atoms with Crippen LogP contribution in [0.25, 0.3) is 0 Å². The van der Waals surface area contributed by atoms with Gasteiger partial charge < -0.3 is 9.47 Å². The molecule has 1 atom stereocenters. The maximum atomic E-state index is 5.74. The predicted octanol–water partition coefficient (Wildman–Crippen LogP) is 5.70. The van der Waals surface area contributed by atoms with E-state index in [1.165, 1.54) is 56.9 Å². The minimum absolute atomic E-state index is 0.329. The molecule has 0 radical (unpaired) electrons. The lowest BCUT2D eigenvalue weighted by atomic mass is 10.0. The van der Waals surface area contributed by atoms with E-state index in [4.69, 9.17) is 9.47 Å². The lowest BCUT2D eigenvalue weighted by Gasteiger charge is -2.07. The maximum Gasteiger partial charge on any atom is 0.119 e. The molecule has 1 saturated heterocycles. The summed E-state index contributed by atoms with van der Waals surface area (Å²) in [5, 5.41) is 0. The highest BCUT2D eigenvalue weighted by molar-refractivity contribution is 5.28. The molecule has 1 aliphatic heterocycles. The summed E-state index contributed by atoms with van der Waals surface area (Å²) >= 11 is 0. The standard InChI is InChI=1S/C21H32O2/c1-2-3-4-5-6-7-8-9-10-11-13-19-14-12-15-20(16-19)22-17-21-18-23-21/h4-5,12,14-16,21H,2-3,6-11,13,17-18H2,1H3/b5-4+. The largest absolute Gasteiger partial charge is 0.491 e. The van der Waals surface area contributed by atoms with Crippen LogP contribution < -0.4 is 4.74 Å². The van der Waals surface area contributed by atoms with E-state index in [9.17, 15) is 0 Å². The number of aryl methyl sites for hydroxylation is 1. The second-order valence-electron chi connectivity index (χ2n) is 6.48. The van der Waals surface area contributed by atoms with Crippen molar-refractivity contribution in [1.29, 1.82) is 0 Å². The molecule has 0 saturated carbocycles. The van der Waals surface area contributed by atoms with Gasteiger partial charge in [-0.1, -0.05) is 56.9 Å². The van der Waals surface area contributed by atoms with Crippen LogP contribution in [0.1, 0.15) is 63.9 Å². The molecule has 0 N–H and O–H groups in total. The molecule has 0 amide bonds. The maximum absolute atomic E-state index is 5.74. The minimum atomic E-state index is 0.329. The van der Waals surface area contributed by atoms with Gasteiger partial charge in [0.1, 0.15) is 18.5 Å². The van der Waals surface area contributed by atoms with Crippen LogP contribution in [0.4, 0.5) is 0 Å². The van der Waals surface area contributed by atoms with Gasteiger partial charge in [0.25, 0.3) is 0 Å². The first kappa shape index (κ1) is 18.1. The summed E-state index contributed by atoms with van der Waals surface area (Å²) in [6, 6.07) is 8.53. The highest BCUT2D eigenvalue weighted by Crippen LogP contribution is 2.18. The predicted molar refractivity (Wildman–Crippen MR) is 97.1 cm³/mol. The molecule has 1 heterocycles. The summed E-state index contributed by atoms with van der Waals surface area (Å²) in [4.78, 5) is 0. The molecule has 0 aliphatic carbocycles. The van der Waals surface area contributed by atoms with Gasteiger partial charge in [0.15, 0.2) is 0 Å². The summed E-state index contributed by atoms with van der Waals surface area (Å²) in [6.07, 6.45) is 16.6. The van der Waals surface area contributed by atoms with Crippen molar-refractivity contribution in [2.24, 2.45) is 0 Å². The zero-order valence-electron chi connectivity index (χ0n) is 14.6. The van der Waals surface area contributed by atoms with Crippen molar-refractivity contribution >= 4 is 0 Å². The Bertz CT molecular complexity index is 449. The van der Waals surface area contributed by atoms with Crippen molar-refractivity contribution < 1.29 is 9.47 Å². The molecule has 1 aliphatic rings.